The number of aryl methyl sites for hydroxylation is 1. The molecule has 0 spiro atoms. The Morgan fingerprint density at radius 3 is 2.52 bits per heavy atom. The summed E-state index contributed by atoms with van der Waals surface area (Å²) in [6.45, 7) is 17.1. The Bertz CT molecular complexity index is 471. The lowest BCUT2D eigenvalue weighted by atomic mass is 9.80. The first-order valence-corrected chi connectivity index (χ1v) is 8.35. The highest BCUT2D eigenvalue weighted by Crippen LogP contribution is 2.35. The topological polar surface area (TPSA) is 15.3 Å². The van der Waals surface area contributed by atoms with Crippen LogP contribution >= 0.6 is 0 Å². The normalized spacial score (nSPS) is 19.6. The molecule has 2 rings (SSSR count). The van der Waals surface area contributed by atoms with E-state index in [2.05, 4.69) is 70.0 Å². The Hall–Kier alpha value is -1.02. The van der Waals surface area contributed by atoms with Crippen molar-refractivity contribution in [3.8, 4) is 0 Å². The standard InChI is InChI=1S/C19H32N2/c1-14(2)20-12-16-7-8-18(11-15(16)3)21-10-9-17(13-21)19(4,5)6/h7-8,11,14,17,20H,9-10,12-13H2,1-6H3. The molecule has 1 atom stereocenters. The molecule has 1 aliphatic heterocycles. The van der Waals surface area contributed by atoms with Gasteiger partial charge >= 0.3 is 0 Å². The summed E-state index contributed by atoms with van der Waals surface area (Å²) in [4.78, 5) is 2.56. The molecule has 1 saturated heterocycles. The zero-order valence-corrected chi connectivity index (χ0v) is 14.7. The molecule has 1 N–H and O–H groups in total. The van der Waals surface area contributed by atoms with Crippen LogP contribution in [0.1, 0.15) is 52.2 Å². The Kier molecular flexibility index (Phi) is 4.98. The van der Waals surface area contributed by atoms with Gasteiger partial charge in [-0.25, -0.2) is 0 Å². The van der Waals surface area contributed by atoms with Gasteiger partial charge in [0.05, 0.1) is 0 Å². The monoisotopic (exact) mass is 288 g/mol. The predicted molar refractivity (Wildman–Crippen MR) is 92.9 cm³/mol. The third kappa shape index (κ3) is 4.23. The van der Waals surface area contributed by atoms with E-state index in [-0.39, 0.29) is 0 Å². The van der Waals surface area contributed by atoms with Crippen molar-refractivity contribution >= 4 is 5.69 Å². The Morgan fingerprint density at radius 2 is 2.00 bits per heavy atom. The lowest BCUT2D eigenvalue weighted by Crippen LogP contribution is -2.26. The molecule has 2 nitrogen and oxygen atoms in total. The van der Waals surface area contributed by atoms with Crippen molar-refractivity contribution in [1.82, 2.24) is 5.32 Å². The first kappa shape index (κ1) is 16.4. The van der Waals surface area contributed by atoms with Crippen LogP contribution in [0.5, 0.6) is 0 Å². The quantitative estimate of drug-likeness (QED) is 0.885. The van der Waals surface area contributed by atoms with Crippen LogP contribution in [0, 0.1) is 18.3 Å². The molecule has 0 amide bonds. The zero-order chi connectivity index (χ0) is 15.6. The lowest BCUT2D eigenvalue weighted by Gasteiger charge is -2.27. The number of anilines is 1. The van der Waals surface area contributed by atoms with Crippen LogP contribution < -0.4 is 10.2 Å². The summed E-state index contributed by atoms with van der Waals surface area (Å²) in [5.41, 5.74) is 4.64. The fourth-order valence-corrected chi connectivity index (χ4v) is 3.09. The molecule has 1 fully saturated rings. The van der Waals surface area contributed by atoms with Crippen LogP contribution in [0.25, 0.3) is 0 Å². The van der Waals surface area contributed by atoms with Gasteiger partial charge in [-0.2, -0.15) is 0 Å². The summed E-state index contributed by atoms with van der Waals surface area (Å²) >= 11 is 0. The maximum absolute atomic E-state index is 3.50. The van der Waals surface area contributed by atoms with Crippen molar-refractivity contribution in [3.05, 3.63) is 29.3 Å². The molecule has 1 unspecified atom stereocenters. The molecule has 0 radical (unpaired) electrons. The minimum atomic E-state index is 0.422. The molecular formula is C19H32N2. The molecule has 0 aliphatic carbocycles. The number of benzene rings is 1. The van der Waals surface area contributed by atoms with Crippen LogP contribution in [0.4, 0.5) is 5.69 Å². The second-order valence-electron chi connectivity index (χ2n) is 7.94. The summed E-state index contributed by atoms with van der Waals surface area (Å²) < 4.78 is 0. The van der Waals surface area contributed by atoms with Crippen LogP contribution in [0.3, 0.4) is 0 Å². The molecule has 1 aromatic rings. The second kappa shape index (κ2) is 6.39. The van der Waals surface area contributed by atoms with Crippen molar-refractivity contribution in [2.75, 3.05) is 18.0 Å². The van der Waals surface area contributed by atoms with E-state index in [1.165, 1.54) is 36.3 Å². The molecule has 118 valence electrons. The van der Waals surface area contributed by atoms with E-state index in [0.29, 0.717) is 11.5 Å². The molecule has 21 heavy (non-hydrogen) atoms. The van der Waals surface area contributed by atoms with Crippen molar-refractivity contribution in [2.24, 2.45) is 11.3 Å². The maximum atomic E-state index is 3.50. The van der Waals surface area contributed by atoms with Crippen LogP contribution in [0.2, 0.25) is 0 Å². The summed E-state index contributed by atoms with van der Waals surface area (Å²) in [5, 5.41) is 3.50. The Balaban J connectivity index is 2.04. The van der Waals surface area contributed by atoms with E-state index in [9.17, 15) is 0 Å². The van der Waals surface area contributed by atoms with Gasteiger partial charge in [-0.15, -0.1) is 0 Å². The van der Waals surface area contributed by atoms with Gasteiger partial charge in [-0.3, -0.25) is 0 Å². The minimum absolute atomic E-state index is 0.422. The van der Waals surface area contributed by atoms with Crippen molar-refractivity contribution in [2.45, 2.75) is 60.5 Å². The summed E-state index contributed by atoms with van der Waals surface area (Å²) in [5.74, 6) is 0.806. The number of nitrogens with zero attached hydrogens (tertiary/aromatic N) is 1. The fraction of sp³-hybridized carbons (Fsp3) is 0.684. The minimum Gasteiger partial charge on any atom is -0.371 e. The highest BCUT2D eigenvalue weighted by molar-refractivity contribution is 5.51. The van der Waals surface area contributed by atoms with E-state index in [4.69, 9.17) is 0 Å². The average Bonchev–Trinajstić information content (AvgIpc) is 2.86. The van der Waals surface area contributed by atoms with E-state index in [1.54, 1.807) is 0 Å². The highest BCUT2D eigenvalue weighted by Gasteiger charge is 2.31. The molecule has 1 heterocycles. The van der Waals surface area contributed by atoms with E-state index in [0.717, 1.165) is 12.5 Å². The fourth-order valence-electron chi connectivity index (χ4n) is 3.09. The van der Waals surface area contributed by atoms with E-state index in [1.807, 2.05) is 0 Å². The molecule has 1 aromatic carbocycles. The first-order chi connectivity index (χ1) is 9.77. The van der Waals surface area contributed by atoms with Crippen LogP contribution in [-0.2, 0) is 6.54 Å². The summed E-state index contributed by atoms with van der Waals surface area (Å²) in [6, 6.07) is 7.50. The van der Waals surface area contributed by atoms with Crippen molar-refractivity contribution < 1.29 is 0 Å². The molecular weight excluding hydrogens is 256 g/mol. The zero-order valence-electron chi connectivity index (χ0n) is 14.7. The Labute approximate surface area is 130 Å². The second-order valence-corrected chi connectivity index (χ2v) is 7.94. The van der Waals surface area contributed by atoms with Gasteiger partial charge < -0.3 is 10.2 Å². The summed E-state index contributed by atoms with van der Waals surface area (Å²) in [7, 11) is 0. The van der Waals surface area contributed by atoms with Gasteiger partial charge in [0, 0.05) is 31.4 Å². The van der Waals surface area contributed by atoms with E-state index >= 15 is 0 Å². The maximum Gasteiger partial charge on any atom is 0.0369 e. The van der Waals surface area contributed by atoms with Gasteiger partial charge in [-0.05, 0) is 47.9 Å². The number of hydrogen-bond acceptors (Lipinski definition) is 2. The van der Waals surface area contributed by atoms with Gasteiger partial charge in [0.1, 0.15) is 0 Å². The number of rotatable bonds is 4. The van der Waals surface area contributed by atoms with Gasteiger partial charge in [0.25, 0.3) is 0 Å². The van der Waals surface area contributed by atoms with Crippen LogP contribution in [0.15, 0.2) is 18.2 Å². The summed E-state index contributed by atoms with van der Waals surface area (Å²) in [6.07, 6.45) is 1.32. The smallest absolute Gasteiger partial charge is 0.0369 e. The Morgan fingerprint density at radius 1 is 1.29 bits per heavy atom. The van der Waals surface area contributed by atoms with Gasteiger partial charge in [0.2, 0.25) is 0 Å². The number of nitrogens with one attached hydrogen (secondary N) is 1. The molecule has 0 bridgehead atoms. The lowest BCUT2D eigenvalue weighted by molar-refractivity contribution is 0.263. The number of hydrogen-bond donors (Lipinski definition) is 1. The van der Waals surface area contributed by atoms with Gasteiger partial charge in [-0.1, -0.05) is 40.7 Å². The SMILES string of the molecule is Cc1cc(N2CCC(C(C)(C)C)C2)ccc1CNC(C)C. The van der Waals surface area contributed by atoms with E-state index < -0.39 is 0 Å². The largest absolute Gasteiger partial charge is 0.371 e. The first-order valence-electron chi connectivity index (χ1n) is 8.35. The predicted octanol–water partition coefficient (Wildman–Crippen LogP) is 4.37. The van der Waals surface area contributed by atoms with Crippen molar-refractivity contribution in [1.29, 1.82) is 0 Å². The highest BCUT2D eigenvalue weighted by atomic mass is 15.2. The molecule has 1 aliphatic rings. The van der Waals surface area contributed by atoms with Crippen LogP contribution in [-0.4, -0.2) is 19.1 Å². The third-order valence-electron chi connectivity index (χ3n) is 4.81. The third-order valence-corrected chi connectivity index (χ3v) is 4.81. The molecule has 2 heteroatoms. The molecule has 0 saturated carbocycles. The average molecular weight is 288 g/mol. The van der Waals surface area contributed by atoms with Gasteiger partial charge in [0.15, 0.2) is 0 Å². The molecule has 0 aromatic heterocycles. The van der Waals surface area contributed by atoms with Crippen molar-refractivity contribution in [3.63, 3.8) is 0 Å².